The number of nitriles is 1. The third-order valence-electron chi connectivity index (χ3n) is 2.53. The Hall–Kier alpha value is -1.73. The van der Waals surface area contributed by atoms with Crippen molar-refractivity contribution >= 4 is 11.8 Å². The van der Waals surface area contributed by atoms with Crippen LogP contribution in [0.5, 0.6) is 0 Å². The molecule has 1 aromatic carbocycles. The van der Waals surface area contributed by atoms with E-state index in [0.29, 0.717) is 5.56 Å². The molecule has 17 heavy (non-hydrogen) atoms. The van der Waals surface area contributed by atoms with Gasteiger partial charge in [0.15, 0.2) is 0 Å². The van der Waals surface area contributed by atoms with E-state index < -0.39 is 0 Å². The molecule has 4 heteroatoms. The van der Waals surface area contributed by atoms with Gasteiger partial charge in [-0.2, -0.15) is 5.26 Å². The van der Waals surface area contributed by atoms with E-state index in [4.69, 9.17) is 9.78 Å². The van der Waals surface area contributed by atoms with Gasteiger partial charge in [0, 0.05) is 16.2 Å². The summed E-state index contributed by atoms with van der Waals surface area (Å²) >= 11 is 1.68. The molecule has 0 unspecified atom stereocenters. The van der Waals surface area contributed by atoms with Crippen molar-refractivity contribution in [2.24, 2.45) is 0 Å². The summed E-state index contributed by atoms with van der Waals surface area (Å²) in [5.41, 5.74) is 2.76. The van der Waals surface area contributed by atoms with Crippen molar-refractivity contribution in [2.75, 3.05) is 0 Å². The van der Waals surface area contributed by atoms with Crippen LogP contribution in [0.2, 0.25) is 0 Å². The summed E-state index contributed by atoms with van der Waals surface area (Å²) in [4.78, 5) is 1.09. The van der Waals surface area contributed by atoms with Gasteiger partial charge in [-0.15, -0.1) is 11.8 Å². The number of aromatic nitrogens is 1. The molecule has 0 fully saturated rings. The fraction of sp³-hybridized carbons (Fsp3) is 0.231. The molecule has 0 atom stereocenters. The van der Waals surface area contributed by atoms with Gasteiger partial charge < -0.3 is 4.52 Å². The van der Waals surface area contributed by atoms with Crippen molar-refractivity contribution in [1.82, 2.24) is 5.16 Å². The smallest absolute Gasteiger partial charge is 0.137 e. The number of aryl methyl sites for hydroxylation is 2. The first-order valence-electron chi connectivity index (χ1n) is 5.25. The quantitative estimate of drug-likeness (QED) is 0.776. The van der Waals surface area contributed by atoms with Crippen molar-refractivity contribution in [3.8, 4) is 6.07 Å². The molecule has 0 aliphatic heterocycles. The van der Waals surface area contributed by atoms with Gasteiger partial charge in [0.25, 0.3) is 0 Å². The van der Waals surface area contributed by atoms with Gasteiger partial charge in [-0.25, -0.2) is 0 Å². The van der Waals surface area contributed by atoms with Crippen LogP contribution in [-0.4, -0.2) is 5.16 Å². The third kappa shape index (κ3) is 2.69. The summed E-state index contributed by atoms with van der Waals surface area (Å²) in [6.45, 7) is 3.86. The van der Waals surface area contributed by atoms with Gasteiger partial charge in [-0.1, -0.05) is 11.2 Å². The largest absolute Gasteiger partial charge is 0.361 e. The number of hydrogen-bond acceptors (Lipinski definition) is 4. The van der Waals surface area contributed by atoms with Crippen molar-refractivity contribution in [1.29, 1.82) is 5.26 Å². The Morgan fingerprint density at radius 1 is 1.41 bits per heavy atom. The summed E-state index contributed by atoms with van der Waals surface area (Å²) in [5, 5.41) is 12.7. The second kappa shape index (κ2) is 5.07. The van der Waals surface area contributed by atoms with Crippen LogP contribution in [0.3, 0.4) is 0 Å². The van der Waals surface area contributed by atoms with Crippen LogP contribution in [0.15, 0.2) is 33.7 Å². The van der Waals surface area contributed by atoms with Gasteiger partial charge in [-0.05, 0) is 32.0 Å². The van der Waals surface area contributed by atoms with E-state index in [0.717, 1.165) is 27.7 Å². The molecule has 0 aliphatic carbocycles. The normalized spacial score (nSPS) is 10.2. The highest BCUT2D eigenvalue weighted by Crippen LogP contribution is 2.26. The predicted octanol–water partition coefficient (Wildman–Crippen LogP) is 3.46. The van der Waals surface area contributed by atoms with E-state index in [1.807, 2.05) is 32.0 Å². The van der Waals surface area contributed by atoms with E-state index >= 15 is 0 Å². The first kappa shape index (κ1) is 11.7. The van der Waals surface area contributed by atoms with E-state index in [2.05, 4.69) is 11.2 Å². The lowest BCUT2D eigenvalue weighted by Crippen LogP contribution is -1.85. The van der Waals surface area contributed by atoms with Crippen molar-refractivity contribution in [3.63, 3.8) is 0 Å². The van der Waals surface area contributed by atoms with E-state index in [1.54, 1.807) is 17.8 Å². The van der Waals surface area contributed by atoms with E-state index in [1.165, 1.54) is 0 Å². The first-order chi connectivity index (χ1) is 8.20. The Morgan fingerprint density at radius 2 is 2.24 bits per heavy atom. The molecule has 0 saturated carbocycles. The SMILES string of the molecule is Cc1noc(C)c1CSc1cccc(C#N)c1. The van der Waals surface area contributed by atoms with Gasteiger partial charge in [0.1, 0.15) is 5.76 Å². The molecule has 0 N–H and O–H groups in total. The maximum atomic E-state index is 8.82. The molecule has 0 saturated heterocycles. The molecular weight excluding hydrogens is 232 g/mol. The van der Waals surface area contributed by atoms with Crippen LogP contribution in [-0.2, 0) is 5.75 Å². The lowest BCUT2D eigenvalue weighted by molar-refractivity contribution is 0.392. The molecule has 0 aliphatic rings. The molecule has 0 radical (unpaired) electrons. The molecule has 86 valence electrons. The highest BCUT2D eigenvalue weighted by molar-refractivity contribution is 7.98. The zero-order chi connectivity index (χ0) is 12.3. The average Bonchev–Trinajstić information content (AvgIpc) is 2.67. The summed E-state index contributed by atoms with van der Waals surface area (Å²) in [6.07, 6.45) is 0. The maximum Gasteiger partial charge on any atom is 0.137 e. The summed E-state index contributed by atoms with van der Waals surface area (Å²) < 4.78 is 5.11. The topological polar surface area (TPSA) is 49.8 Å². The van der Waals surface area contributed by atoms with E-state index in [-0.39, 0.29) is 0 Å². The summed E-state index contributed by atoms with van der Waals surface area (Å²) in [7, 11) is 0. The molecule has 0 amide bonds. The van der Waals surface area contributed by atoms with Gasteiger partial charge in [0.2, 0.25) is 0 Å². The van der Waals surface area contributed by atoms with Crippen molar-refractivity contribution < 1.29 is 4.52 Å². The second-order valence-corrected chi connectivity index (χ2v) is 4.78. The van der Waals surface area contributed by atoms with Gasteiger partial charge >= 0.3 is 0 Å². The van der Waals surface area contributed by atoms with E-state index in [9.17, 15) is 0 Å². The Bertz CT molecular complexity index is 550. The number of thioether (sulfide) groups is 1. The molecular formula is C13H12N2OS. The molecule has 1 aromatic heterocycles. The predicted molar refractivity (Wildman–Crippen MR) is 66.7 cm³/mol. The second-order valence-electron chi connectivity index (χ2n) is 3.73. The minimum absolute atomic E-state index is 0.689. The number of rotatable bonds is 3. The number of hydrogen-bond donors (Lipinski definition) is 0. The standard InChI is InChI=1S/C13H12N2OS/c1-9-13(10(2)16-15-9)8-17-12-5-3-4-11(6-12)7-14/h3-6H,8H2,1-2H3. The van der Waals surface area contributed by atoms with Crippen LogP contribution in [0.4, 0.5) is 0 Å². The molecule has 1 heterocycles. The molecule has 2 aromatic rings. The summed E-state index contributed by atoms with van der Waals surface area (Å²) in [6, 6.07) is 9.74. The van der Waals surface area contributed by atoms with Gasteiger partial charge in [0.05, 0.1) is 17.3 Å². The lowest BCUT2D eigenvalue weighted by atomic mass is 10.2. The minimum Gasteiger partial charge on any atom is -0.361 e. The van der Waals surface area contributed by atoms with Crippen LogP contribution in [0.25, 0.3) is 0 Å². The van der Waals surface area contributed by atoms with Gasteiger partial charge in [-0.3, -0.25) is 0 Å². The van der Waals surface area contributed by atoms with Crippen LogP contribution in [0.1, 0.15) is 22.6 Å². The zero-order valence-corrected chi connectivity index (χ0v) is 10.5. The molecule has 3 nitrogen and oxygen atoms in total. The zero-order valence-electron chi connectivity index (χ0n) is 9.73. The van der Waals surface area contributed by atoms with Crippen molar-refractivity contribution in [3.05, 3.63) is 46.8 Å². The monoisotopic (exact) mass is 244 g/mol. The Balaban J connectivity index is 2.10. The summed E-state index contributed by atoms with van der Waals surface area (Å²) in [5.74, 6) is 1.68. The fourth-order valence-electron chi connectivity index (χ4n) is 1.52. The molecule has 2 rings (SSSR count). The average molecular weight is 244 g/mol. The highest BCUT2D eigenvalue weighted by Gasteiger charge is 2.09. The van der Waals surface area contributed by atoms with Crippen LogP contribution in [0, 0.1) is 25.2 Å². The number of nitrogens with zero attached hydrogens (tertiary/aromatic N) is 2. The molecule has 0 spiro atoms. The highest BCUT2D eigenvalue weighted by atomic mass is 32.2. The van der Waals surface area contributed by atoms with Crippen molar-refractivity contribution in [2.45, 2.75) is 24.5 Å². The van der Waals surface area contributed by atoms with Crippen LogP contribution >= 0.6 is 11.8 Å². The lowest BCUT2D eigenvalue weighted by Gasteiger charge is -2.01. The Morgan fingerprint density at radius 3 is 2.88 bits per heavy atom. The minimum atomic E-state index is 0.689. The Labute approximate surface area is 104 Å². The fourth-order valence-corrected chi connectivity index (χ4v) is 2.63. The Kier molecular flexibility index (Phi) is 3.50. The number of benzene rings is 1. The first-order valence-corrected chi connectivity index (χ1v) is 6.24. The maximum absolute atomic E-state index is 8.82. The molecule has 0 bridgehead atoms. The van der Waals surface area contributed by atoms with Crippen LogP contribution < -0.4 is 0 Å². The third-order valence-corrected chi connectivity index (χ3v) is 3.55.